The van der Waals surface area contributed by atoms with Crippen molar-refractivity contribution in [3.8, 4) is 11.8 Å². The highest BCUT2D eigenvalue weighted by molar-refractivity contribution is 5.95. The van der Waals surface area contributed by atoms with Gasteiger partial charge in [-0.1, -0.05) is 12.1 Å². The zero-order valence-corrected chi connectivity index (χ0v) is 9.11. The van der Waals surface area contributed by atoms with Crippen LogP contribution in [0.4, 0.5) is 5.69 Å². The number of methoxy groups -OCH3 is 1. The number of pyridine rings is 1. The summed E-state index contributed by atoms with van der Waals surface area (Å²) in [6, 6.07) is 9.43. The van der Waals surface area contributed by atoms with Crippen LogP contribution in [0.1, 0.15) is 5.69 Å². The molecule has 0 saturated heterocycles. The Bertz CT molecular complexity index is 572. The van der Waals surface area contributed by atoms with Crippen molar-refractivity contribution in [1.29, 1.82) is 5.26 Å². The van der Waals surface area contributed by atoms with Gasteiger partial charge in [-0.05, 0) is 12.1 Å². The molecule has 0 aliphatic carbocycles. The van der Waals surface area contributed by atoms with Crippen LogP contribution < -0.4 is 10.1 Å². The van der Waals surface area contributed by atoms with E-state index in [1.165, 1.54) is 0 Å². The van der Waals surface area contributed by atoms with Gasteiger partial charge in [-0.25, -0.2) is 4.98 Å². The van der Waals surface area contributed by atoms with Crippen molar-refractivity contribution in [3.05, 3.63) is 30.0 Å². The van der Waals surface area contributed by atoms with E-state index in [1.807, 2.05) is 31.3 Å². The lowest BCUT2D eigenvalue weighted by molar-refractivity contribution is 0.419. The maximum absolute atomic E-state index is 8.90. The first-order valence-corrected chi connectivity index (χ1v) is 4.85. The summed E-state index contributed by atoms with van der Waals surface area (Å²) in [7, 11) is 3.41. The number of hydrogen-bond acceptors (Lipinski definition) is 4. The largest absolute Gasteiger partial charge is 0.494 e. The van der Waals surface area contributed by atoms with E-state index in [1.54, 1.807) is 13.2 Å². The second-order valence-corrected chi connectivity index (χ2v) is 3.27. The molecule has 0 aliphatic heterocycles. The Morgan fingerprint density at radius 1 is 1.44 bits per heavy atom. The summed E-state index contributed by atoms with van der Waals surface area (Å²) in [5.41, 5.74) is 1.95. The SMILES string of the molecule is CNc1cc(C#N)nc2c(OC)cccc12. The van der Waals surface area contributed by atoms with Crippen molar-refractivity contribution in [1.82, 2.24) is 4.98 Å². The van der Waals surface area contributed by atoms with Gasteiger partial charge in [0.1, 0.15) is 23.0 Å². The Balaban J connectivity index is 2.85. The molecule has 4 nitrogen and oxygen atoms in total. The van der Waals surface area contributed by atoms with Crippen LogP contribution in [0, 0.1) is 11.3 Å². The molecule has 0 radical (unpaired) electrons. The Morgan fingerprint density at radius 2 is 2.25 bits per heavy atom. The van der Waals surface area contributed by atoms with E-state index in [0.717, 1.165) is 11.1 Å². The van der Waals surface area contributed by atoms with Gasteiger partial charge in [-0.15, -0.1) is 0 Å². The van der Waals surface area contributed by atoms with Crippen LogP contribution in [0.2, 0.25) is 0 Å². The quantitative estimate of drug-likeness (QED) is 0.830. The first-order chi connectivity index (χ1) is 7.80. The lowest BCUT2D eigenvalue weighted by atomic mass is 10.1. The maximum Gasteiger partial charge on any atom is 0.145 e. The standard InChI is InChI=1S/C12H11N3O/c1-14-10-6-8(7-13)15-12-9(10)4-3-5-11(12)16-2/h3-6H,1-2H3,(H,14,15). The van der Waals surface area contributed by atoms with E-state index in [9.17, 15) is 0 Å². The number of aromatic nitrogens is 1. The molecule has 1 aromatic carbocycles. The molecule has 16 heavy (non-hydrogen) atoms. The summed E-state index contributed by atoms with van der Waals surface area (Å²) in [4.78, 5) is 4.25. The number of rotatable bonds is 2. The minimum Gasteiger partial charge on any atom is -0.494 e. The van der Waals surface area contributed by atoms with Gasteiger partial charge < -0.3 is 10.1 Å². The molecule has 2 rings (SSSR count). The van der Waals surface area contributed by atoms with Crippen molar-refractivity contribution in [2.24, 2.45) is 0 Å². The van der Waals surface area contributed by atoms with E-state index in [4.69, 9.17) is 10.00 Å². The summed E-state index contributed by atoms with van der Waals surface area (Å²) in [5, 5.41) is 12.9. The summed E-state index contributed by atoms with van der Waals surface area (Å²) in [6.45, 7) is 0. The molecule has 80 valence electrons. The fraction of sp³-hybridized carbons (Fsp3) is 0.167. The zero-order valence-electron chi connectivity index (χ0n) is 9.11. The number of anilines is 1. The minimum absolute atomic E-state index is 0.376. The van der Waals surface area contributed by atoms with Crippen LogP contribution in [0.3, 0.4) is 0 Å². The molecular formula is C12H11N3O. The number of nitriles is 1. The predicted octanol–water partition coefficient (Wildman–Crippen LogP) is 2.16. The topological polar surface area (TPSA) is 57.9 Å². The average molecular weight is 213 g/mol. The second kappa shape index (κ2) is 4.07. The second-order valence-electron chi connectivity index (χ2n) is 3.27. The molecular weight excluding hydrogens is 202 g/mol. The molecule has 2 aromatic rings. The van der Waals surface area contributed by atoms with Gasteiger partial charge in [0, 0.05) is 18.1 Å². The van der Waals surface area contributed by atoms with Crippen molar-refractivity contribution in [3.63, 3.8) is 0 Å². The smallest absolute Gasteiger partial charge is 0.145 e. The molecule has 0 spiro atoms. The molecule has 0 saturated carbocycles. The van der Waals surface area contributed by atoms with Crippen molar-refractivity contribution in [2.75, 3.05) is 19.5 Å². The molecule has 0 aliphatic rings. The van der Waals surface area contributed by atoms with Gasteiger partial charge >= 0.3 is 0 Å². The van der Waals surface area contributed by atoms with Crippen LogP contribution in [-0.4, -0.2) is 19.1 Å². The van der Waals surface area contributed by atoms with Gasteiger partial charge in [-0.3, -0.25) is 0 Å². The molecule has 4 heteroatoms. The number of nitrogens with one attached hydrogen (secondary N) is 1. The summed E-state index contributed by atoms with van der Waals surface area (Å²) < 4.78 is 5.23. The third-order valence-electron chi connectivity index (χ3n) is 2.41. The third-order valence-corrected chi connectivity index (χ3v) is 2.41. The highest BCUT2D eigenvalue weighted by Gasteiger charge is 2.08. The first kappa shape index (κ1) is 10.2. The fourth-order valence-corrected chi connectivity index (χ4v) is 1.65. The van der Waals surface area contributed by atoms with Crippen molar-refractivity contribution < 1.29 is 4.74 Å². The number of fused-ring (bicyclic) bond motifs is 1. The molecule has 0 unspecified atom stereocenters. The molecule has 1 aromatic heterocycles. The molecule has 0 bridgehead atoms. The third kappa shape index (κ3) is 1.52. The number of ether oxygens (including phenoxy) is 1. The fourth-order valence-electron chi connectivity index (χ4n) is 1.65. The van der Waals surface area contributed by atoms with Gasteiger partial charge in [-0.2, -0.15) is 5.26 Å². The Morgan fingerprint density at radius 3 is 2.88 bits per heavy atom. The van der Waals surface area contributed by atoms with E-state index in [2.05, 4.69) is 10.3 Å². The number of nitrogens with zero attached hydrogens (tertiary/aromatic N) is 2. The lowest BCUT2D eigenvalue weighted by Crippen LogP contribution is -1.95. The molecule has 1 heterocycles. The monoisotopic (exact) mass is 213 g/mol. The predicted molar refractivity (Wildman–Crippen MR) is 62.6 cm³/mol. The molecule has 1 N–H and O–H groups in total. The first-order valence-electron chi connectivity index (χ1n) is 4.85. The molecule has 0 amide bonds. The van der Waals surface area contributed by atoms with Crippen molar-refractivity contribution >= 4 is 16.6 Å². The Kier molecular flexibility index (Phi) is 2.61. The average Bonchev–Trinajstić information content (AvgIpc) is 2.36. The number of hydrogen-bond donors (Lipinski definition) is 1. The van der Waals surface area contributed by atoms with Gasteiger partial charge in [0.15, 0.2) is 0 Å². The van der Waals surface area contributed by atoms with Crippen LogP contribution in [0.15, 0.2) is 24.3 Å². The van der Waals surface area contributed by atoms with E-state index >= 15 is 0 Å². The van der Waals surface area contributed by atoms with Gasteiger partial charge in [0.25, 0.3) is 0 Å². The normalized spacial score (nSPS) is 9.81. The van der Waals surface area contributed by atoms with Gasteiger partial charge in [0.2, 0.25) is 0 Å². The zero-order chi connectivity index (χ0) is 11.5. The van der Waals surface area contributed by atoms with Crippen LogP contribution in [0.5, 0.6) is 5.75 Å². The highest BCUT2D eigenvalue weighted by Crippen LogP contribution is 2.29. The molecule has 0 fully saturated rings. The lowest BCUT2D eigenvalue weighted by Gasteiger charge is -2.09. The minimum atomic E-state index is 0.376. The van der Waals surface area contributed by atoms with Gasteiger partial charge in [0.05, 0.1) is 7.11 Å². The summed E-state index contributed by atoms with van der Waals surface area (Å²) >= 11 is 0. The summed E-state index contributed by atoms with van der Waals surface area (Å²) in [5.74, 6) is 0.672. The summed E-state index contributed by atoms with van der Waals surface area (Å²) in [6.07, 6.45) is 0. The number of para-hydroxylation sites is 1. The Hall–Kier alpha value is -2.28. The molecule has 0 atom stereocenters. The van der Waals surface area contributed by atoms with Crippen LogP contribution in [-0.2, 0) is 0 Å². The van der Waals surface area contributed by atoms with Crippen molar-refractivity contribution in [2.45, 2.75) is 0 Å². The van der Waals surface area contributed by atoms with E-state index in [0.29, 0.717) is 17.0 Å². The van der Waals surface area contributed by atoms with Crippen LogP contribution >= 0.6 is 0 Å². The Labute approximate surface area is 93.5 Å². The highest BCUT2D eigenvalue weighted by atomic mass is 16.5. The van der Waals surface area contributed by atoms with E-state index < -0.39 is 0 Å². The van der Waals surface area contributed by atoms with E-state index in [-0.39, 0.29) is 0 Å². The maximum atomic E-state index is 8.90. The number of benzene rings is 1. The van der Waals surface area contributed by atoms with Crippen LogP contribution in [0.25, 0.3) is 10.9 Å².